The molecule has 2 atom stereocenters. The molecule has 5 heteroatoms. The lowest BCUT2D eigenvalue weighted by molar-refractivity contribution is -0.105. The van der Waals surface area contributed by atoms with Crippen molar-refractivity contribution >= 4 is 0 Å². The number of phenols is 2. The van der Waals surface area contributed by atoms with Crippen molar-refractivity contribution in [2.24, 2.45) is 0 Å². The predicted molar refractivity (Wildman–Crippen MR) is 135 cm³/mol. The minimum absolute atomic E-state index is 0.308. The van der Waals surface area contributed by atoms with Gasteiger partial charge >= 0.3 is 0 Å². The summed E-state index contributed by atoms with van der Waals surface area (Å²) in [5, 5.41) is 27.7. The van der Waals surface area contributed by atoms with E-state index in [1.54, 1.807) is 30.3 Å². The number of aliphatic hydroxyl groups is 1. The van der Waals surface area contributed by atoms with Crippen LogP contribution < -0.4 is 0 Å². The molecule has 2 aromatic carbocycles. The van der Waals surface area contributed by atoms with E-state index in [-0.39, 0.29) is 5.60 Å². The molecule has 0 fully saturated rings. The van der Waals surface area contributed by atoms with E-state index >= 15 is 0 Å². The summed E-state index contributed by atoms with van der Waals surface area (Å²) in [7, 11) is 0. The molecular weight excluding hydrogens is 416 g/mol. The van der Waals surface area contributed by atoms with Crippen LogP contribution in [-0.4, -0.2) is 39.7 Å². The molecule has 0 heterocycles. The highest BCUT2D eigenvalue weighted by molar-refractivity contribution is 5.32. The van der Waals surface area contributed by atoms with Gasteiger partial charge in [0.25, 0.3) is 0 Å². The number of aliphatic hydroxyl groups excluding tert-OH is 1. The van der Waals surface area contributed by atoms with Gasteiger partial charge in [-0.25, -0.2) is 0 Å². The molecule has 0 bridgehead atoms. The summed E-state index contributed by atoms with van der Waals surface area (Å²) >= 11 is 0. The van der Waals surface area contributed by atoms with Gasteiger partial charge in [0.1, 0.15) is 11.5 Å². The number of rotatable bonds is 4. The van der Waals surface area contributed by atoms with Crippen LogP contribution in [0.25, 0.3) is 0 Å². The minimum Gasteiger partial charge on any atom is -0.512 e. The quantitative estimate of drug-likeness (QED) is 0.468. The molecule has 3 rings (SSSR count). The first kappa shape index (κ1) is 28.5. The van der Waals surface area contributed by atoms with Crippen LogP contribution in [0.15, 0.2) is 48.2 Å². The largest absolute Gasteiger partial charge is 0.512 e. The number of hydrogen-bond donors (Lipinski definition) is 3. The van der Waals surface area contributed by atoms with E-state index in [0.717, 1.165) is 28.7 Å². The van der Waals surface area contributed by atoms with E-state index in [1.165, 1.54) is 0 Å². The SMILES string of the molecule is CCOC1(C)C=C(O)CC(C)(OCC)C1.Cc1cc(C)cc(O)c1.Cc1cc(C)cc(O)c1. The molecule has 0 saturated carbocycles. The summed E-state index contributed by atoms with van der Waals surface area (Å²) in [6.45, 7) is 17.1. The summed E-state index contributed by atoms with van der Waals surface area (Å²) in [6.07, 6.45) is 3.16. The molecule has 0 radical (unpaired) electrons. The van der Waals surface area contributed by atoms with Crippen molar-refractivity contribution in [2.45, 2.75) is 79.4 Å². The van der Waals surface area contributed by atoms with Crippen molar-refractivity contribution in [2.75, 3.05) is 13.2 Å². The Labute approximate surface area is 199 Å². The number of aromatic hydroxyl groups is 2. The Morgan fingerprint density at radius 3 is 1.42 bits per heavy atom. The molecule has 2 aromatic rings. The first-order chi connectivity index (χ1) is 15.3. The molecule has 5 nitrogen and oxygen atoms in total. The van der Waals surface area contributed by atoms with E-state index < -0.39 is 5.60 Å². The predicted octanol–water partition coefficient (Wildman–Crippen LogP) is 6.83. The number of aryl methyl sites for hydroxylation is 4. The average Bonchev–Trinajstić information content (AvgIpc) is 2.58. The average molecular weight is 459 g/mol. The van der Waals surface area contributed by atoms with Crippen molar-refractivity contribution in [1.29, 1.82) is 0 Å². The Morgan fingerprint density at radius 2 is 1.09 bits per heavy atom. The molecule has 0 saturated heterocycles. The molecular formula is C28H42O5. The van der Waals surface area contributed by atoms with Gasteiger partial charge in [-0.15, -0.1) is 0 Å². The highest BCUT2D eigenvalue weighted by atomic mass is 16.5. The van der Waals surface area contributed by atoms with Gasteiger partial charge in [-0.3, -0.25) is 0 Å². The molecule has 1 aliphatic rings. The number of phenolic OH excluding ortho intramolecular Hbond substituents is 2. The smallest absolute Gasteiger partial charge is 0.116 e. The minimum atomic E-state index is -0.402. The summed E-state index contributed by atoms with van der Waals surface area (Å²) in [6, 6.07) is 11.0. The summed E-state index contributed by atoms with van der Waals surface area (Å²) in [4.78, 5) is 0. The second kappa shape index (κ2) is 12.7. The lowest BCUT2D eigenvalue weighted by atomic mass is 9.80. The van der Waals surface area contributed by atoms with Gasteiger partial charge in [0.2, 0.25) is 0 Å². The van der Waals surface area contributed by atoms with Crippen molar-refractivity contribution in [3.8, 4) is 11.5 Å². The molecule has 3 N–H and O–H groups in total. The zero-order chi connectivity index (χ0) is 25.2. The lowest BCUT2D eigenvalue weighted by Crippen LogP contribution is -2.44. The van der Waals surface area contributed by atoms with E-state index in [9.17, 15) is 5.11 Å². The normalized spacial score (nSPS) is 21.8. The van der Waals surface area contributed by atoms with Gasteiger partial charge in [-0.05, 0) is 108 Å². The van der Waals surface area contributed by atoms with Crippen LogP contribution in [0.4, 0.5) is 0 Å². The van der Waals surface area contributed by atoms with Gasteiger partial charge in [-0.2, -0.15) is 0 Å². The van der Waals surface area contributed by atoms with Crippen LogP contribution >= 0.6 is 0 Å². The van der Waals surface area contributed by atoms with Crippen molar-refractivity contribution in [3.05, 3.63) is 70.5 Å². The Balaban J connectivity index is 0.000000261. The fourth-order valence-corrected chi connectivity index (χ4v) is 4.42. The van der Waals surface area contributed by atoms with Gasteiger partial charge in [0.15, 0.2) is 0 Å². The summed E-state index contributed by atoms with van der Waals surface area (Å²) in [5.74, 6) is 1.08. The van der Waals surface area contributed by atoms with Gasteiger partial charge < -0.3 is 24.8 Å². The Bertz CT molecular complexity index is 770. The third-order valence-electron chi connectivity index (χ3n) is 5.13. The molecule has 0 spiro atoms. The van der Waals surface area contributed by atoms with Crippen LogP contribution in [0.5, 0.6) is 11.5 Å². The lowest BCUT2D eigenvalue weighted by Gasteiger charge is -2.41. The van der Waals surface area contributed by atoms with Crippen LogP contribution in [0.2, 0.25) is 0 Å². The van der Waals surface area contributed by atoms with Crippen molar-refractivity contribution in [3.63, 3.8) is 0 Å². The highest BCUT2D eigenvalue weighted by Crippen LogP contribution is 2.37. The van der Waals surface area contributed by atoms with Crippen molar-refractivity contribution in [1.82, 2.24) is 0 Å². The Kier molecular flexibility index (Phi) is 10.9. The standard InChI is InChI=1S/C12H22O3.2C8H10O/c1-5-14-11(3)7-10(13)8-12(4,9-11)15-6-2;2*1-6-3-7(2)5-8(9)4-6/h7,13H,5-6,8-9H2,1-4H3;2*3-5,9H,1-2H3. The monoisotopic (exact) mass is 458 g/mol. The maximum absolute atomic E-state index is 9.73. The van der Waals surface area contributed by atoms with Crippen LogP contribution in [0.3, 0.4) is 0 Å². The molecule has 184 valence electrons. The Morgan fingerprint density at radius 1 is 0.697 bits per heavy atom. The van der Waals surface area contributed by atoms with E-state index in [0.29, 0.717) is 36.9 Å². The fourth-order valence-electron chi connectivity index (χ4n) is 4.42. The zero-order valence-electron chi connectivity index (χ0n) is 21.5. The highest BCUT2D eigenvalue weighted by Gasteiger charge is 2.40. The van der Waals surface area contributed by atoms with E-state index in [2.05, 4.69) is 0 Å². The Hall–Kier alpha value is -2.50. The fraction of sp³-hybridized carbons (Fsp3) is 0.500. The third kappa shape index (κ3) is 10.8. The molecule has 0 amide bonds. The third-order valence-corrected chi connectivity index (χ3v) is 5.13. The number of ether oxygens (including phenoxy) is 2. The summed E-state index contributed by atoms with van der Waals surface area (Å²) in [5.41, 5.74) is 3.71. The number of hydrogen-bond acceptors (Lipinski definition) is 5. The summed E-state index contributed by atoms with van der Waals surface area (Å²) < 4.78 is 11.4. The molecule has 33 heavy (non-hydrogen) atoms. The maximum Gasteiger partial charge on any atom is 0.116 e. The van der Waals surface area contributed by atoms with Crippen molar-refractivity contribution < 1.29 is 24.8 Å². The second-order valence-electron chi connectivity index (χ2n) is 9.31. The second-order valence-corrected chi connectivity index (χ2v) is 9.31. The molecule has 1 aliphatic carbocycles. The first-order valence-electron chi connectivity index (χ1n) is 11.5. The topological polar surface area (TPSA) is 79.2 Å². The molecule has 0 aromatic heterocycles. The molecule has 0 aliphatic heterocycles. The van der Waals surface area contributed by atoms with Gasteiger partial charge in [0.05, 0.1) is 17.0 Å². The first-order valence-corrected chi connectivity index (χ1v) is 11.5. The zero-order valence-corrected chi connectivity index (χ0v) is 21.5. The van der Waals surface area contributed by atoms with Crippen LogP contribution in [-0.2, 0) is 9.47 Å². The van der Waals surface area contributed by atoms with Gasteiger partial charge in [0, 0.05) is 26.1 Å². The van der Waals surface area contributed by atoms with E-state index in [1.807, 2.05) is 67.5 Å². The van der Waals surface area contributed by atoms with Gasteiger partial charge in [-0.1, -0.05) is 12.1 Å². The molecule has 2 unspecified atom stereocenters. The van der Waals surface area contributed by atoms with Crippen LogP contribution in [0, 0.1) is 27.7 Å². The van der Waals surface area contributed by atoms with E-state index in [4.69, 9.17) is 19.7 Å². The van der Waals surface area contributed by atoms with Crippen LogP contribution in [0.1, 0.15) is 62.8 Å². The maximum atomic E-state index is 9.73. The number of benzene rings is 2.